The molecule has 19 heavy (non-hydrogen) atoms. The number of nitrogens with two attached hydrogens (primary N) is 1. The predicted molar refractivity (Wildman–Crippen MR) is 75.6 cm³/mol. The highest BCUT2D eigenvalue weighted by Gasteiger charge is 2.13. The number of aryl methyl sites for hydroxylation is 1. The Morgan fingerprint density at radius 2 is 1.89 bits per heavy atom. The van der Waals surface area contributed by atoms with Crippen molar-refractivity contribution in [2.45, 2.75) is 12.5 Å². The molecule has 0 radical (unpaired) electrons. The third kappa shape index (κ3) is 2.22. The lowest BCUT2D eigenvalue weighted by Gasteiger charge is -2.10. The van der Waals surface area contributed by atoms with E-state index in [0.29, 0.717) is 0 Å². The van der Waals surface area contributed by atoms with E-state index in [2.05, 4.69) is 22.2 Å². The van der Waals surface area contributed by atoms with Crippen LogP contribution in [0.4, 0.5) is 0 Å². The predicted octanol–water partition coefficient (Wildman–Crippen LogP) is 2.21. The lowest BCUT2D eigenvalue weighted by molar-refractivity contribution is 0.681. The minimum absolute atomic E-state index is 0.0543. The van der Waals surface area contributed by atoms with E-state index >= 15 is 0 Å². The molecule has 2 aromatic heterocycles. The molecule has 0 fully saturated rings. The van der Waals surface area contributed by atoms with Gasteiger partial charge in [0.25, 0.3) is 0 Å². The molecule has 0 amide bonds. The molecule has 0 aliphatic heterocycles. The van der Waals surface area contributed by atoms with Crippen LogP contribution < -0.4 is 5.73 Å². The fraction of sp³-hybridized carbons (Fsp3) is 0.200. The number of rotatable bonds is 3. The average molecular weight is 252 g/mol. The Kier molecular flexibility index (Phi) is 3.01. The molecule has 2 N–H and O–H groups in total. The van der Waals surface area contributed by atoms with Crippen molar-refractivity contribution < 1.29 is 0 Å². The lowest BCUT2D eigenvalue weighted by atomic mass is 10.0. The fourth-order valence-corrected chi connectivity index (χ4v) is 2.38. The molecule has 2 heterocycles. The first-order chi connectivity index (χ1) is 9.25. The smallest absolute Gasteiger partial charge is 0.0722 e. The third-order valence-corrected chi connectivity index (χ3v) is 3.38. The summed E-state index contributed by atoms with van der Waals surface area (Å²) in [4.78, 5) is 4.01. The zero-order valence-electron chi connectivity index (χ0n) is 10.8. The normalized spacial score (nSPS) is 12.7. The molecular weight excluding hydrogens is 236 g/mol. The van der Waals surface area contributed by atoms with E-state index in [0.717, 1.165) is 23.2 Å². The van der Waals surface area contributed by atoms with Gasteiger partial charge in [0.15, 0.2) is 0 Å². The van der Waals surface area contributed by atoms with Gasteiger partial charge in [0.1, 0.15) is 0 Å². The van der Waals surface area contributed by atoms with Gasteiger partial charge in [-0.2, -0.15) is 5.10 Å². The molecular formula is C15H16N4. The van der Waals surface area contributed by atoms with Crippen LogP contribution in [0.1, 0.15) is 17.3 Å². The topological polar surface area (TPSA) is 56.7 Å². The number of para-hydroxylation sites is 1. The van der Waals surface area contributed by atoms with E-state index in [1.54, 1.807) is 12.4 Å². The van der Waals surface area contributed by atoms with Crippen molar-refractivity contribution in [3.8, 4) is 0 Å². The standard InChI is InChI=1S/C15H16N4/c1-19-15-5-3-2-4-12(15)14(18-19)10-13(16)11-6-8-17-9-7-11/h2-9,13H,10,16H2,1H3. The molecule has 0 aliphatic carbocycles. The SMILES string of the molecule is Cn1nc(CC(N)c2ccncc2)c2ccccc21. The molecule has 4 nitrogen and oxygen atoms in total. The Balaban J connectivity index is 1.94. The Hall–Kier alpha value is -2.20. The molecule has 4 heteroatoms. The summed E-state index contributed by atoms with van der Waals surface area (Å²) in [5, 5.41) is 5.75. The van der Waals surface area contributed by atoms with Gasteiger partial charge in [-0.15, -0.1) is 0 Å². The summed E-state index contributed by atoms with van der Waals surface area (Å²) in [6.07, 6.45) is 4.27. The van der Waals surface area contributed by atoms with E-state index in [1.165, 1.54) is 5.39 Å². The number of benzene rings is 1. The van der Waals surface area contributed by atoms with E-state index < -0.39 is 0 Å². The maximum absolute atomic E-state index is 6.25. The summed E-state index contributed by atoms with van der Waals surface area (Å²) in [5.41, 5.74) is 9.52. The van der Waals surface area contributed by atoms with Crippen LogP contribution in [-0.4, -0.2) is 14.8 Å². The highest BCUT2D eigenvalue weighted by Crippen LogP contribution is 2.22. The second kappa shape index (κ2) is 4.82. The van der Waals surface area contributed by atoms with Gasteiger partial charge in [0.2, 0.25) is 0 Å². The lowest BCUT2D eigenvalue weighted by Crippen LogP contribution is -2.14. The largest absolute Gasteiger partial charge is 0.324 e. The van der Waals surface area contributed by atoms with Gasteiger partial charge in [0, 0.05) is 37.3 Å². The van der Waals surface area contributed by atoms with E-state index in [9.17, 15) is 0 Å². The highest BCUT2D eigenvalue weighted by molar-refractivity contribution is 5.81. The van der Waals surface area contributed by atoms with Crippen LogP contribution in [0.5, 0.6) is 0 Å². The summed E-state index contributed by atoms with van der Waals surface area (Å²) in [5.74, 6) is 0. The molecule has 3 aromatic rings. The van der Waals surface area contributed by atoms with Crippen molar-refractivity contribution in [3.63, 3.8) is 0 Å². The van der Waals surface area contributed by atoms with Crippen LogP contribution in [0.15, 0.2) is 48.8 Å². The van der Waals surface area contributed by atoms with Crippen molar-refractivity contribution in [2.75, 3.05) is 0 Å². The van der Waals surface area contributed by atoms with E-state index in [-0.39, 0.29) is 6.04 Å². The van der Waals surface area contributed by atoms with Crippen molar-refractivity contribution >= 4 is 10.9 Å². The molecule has 0 saturated carbocycles. The number of pyridine rings is 1. The van der Waals surface area contributed by atoms with Crippen molar-refractivity contribution in [1.82, 2.24) is 14.8 Å². The van der Waals surface area contributed by atoms with Crippen LogP contribution in [0.25, 0.3) is 10.9 Å². The molecule has 1 atom stereocenters. The van der Waals surface area contributed by atoms with E-state index in [4.69, 9.17) is 5.73 Å². The molecule has 0 saturated heterocycles. The van der Waals surface area contributed by atoms with Gasteiger partial charge in [-0.05, 0) is 23.8 Å². The Morgan fingerprint density at radius 3 is 2.68 bits per heavy atom. The molecule has 0 spiro atoms. The molecule has 0 bridgehead atoms. The first kappa shape index (κ1) is 11.9. The second-order valence-electron chi connectivity index (χ2n) is 4.68. The van der Waals surface area contributed by atoms with Crippen molar-refractivity contribution in [2.24, 2.45) is 12.8 Å². The van der Waals surface area contributed by atoms with Gasteiger partial charge in [-0.1, -0.05) is 18.2 Å². The number of hydrogen-bond donors (Lipinski definition) is 1. The first-order valence-electron chi connectivity index (χ1n) is 6.32. The highest BCUT2D eigenvalue weighted by atomic mass is 15.3. The quantitative estimate of drug-likeness (QED) is 0.777. The number of aromatic nitrogens is 3. The Labute approximate surface area is 111 Å². The molecule has 1 unspecified atom stereocenters. The van der Waals surface area contributed by atoms with E-state index in [1.807, 2.05) is 36.0 Å². The van der Waals surface area contributed by atoms with Crippen molar-refractivity contribution in [1.29, 1.82) is 0 Å². The monoisotopic (exact) mass is 252 g/mol. The van der Waals surface area contributed by atoms with Gasteiger partial charge < -0.3 is 5.73 Å². The van der Waals surface area contributed by atoms with Crippen molar-refractivity contribution in [3.05, 3.63) is 60.0 Å². The number of hydrogen-bond acceptors (Lipinski definition) is 3. The molecule has 3 rings (SSSR count). The van der Waals surface area contributed by atoms with Crippen LogP contribution in [0, 0.1) is 0 Å². The second-order valence-corrected chi connectivity index (χ2v) is 4.68. The van der Waals surface area contributed by atoms with Crippen LogP contribution in [0.2, 0.25) is 0 Å². The molecule has 1 aromatic carbocycles. The maximum atomic E-state index is 6.25. The minimum Gasteiger partial charge on any atom is -0.324 e. The van der Waals surface area contributed by atoms with Gasteiger partial charge in [-0.25, -0.2) is 0 Å². The molecule has 96 valence electrons. The summed E-state index contributed by atoms with van der Waals surface area (Å²) < 4.78 is 1.91. The van der Waals surface area contributed by atoms with Crippen LogP contribution >= 0.6 is 0 Å². The first-order valence-corrected chi connectivity index (χ1v) is 6.32. The minimum atomic E-state index is -0.0543. The zero-order chi connectivity index (χ0) is 13.2. The summed E-state index contributed by atoms with van der Waals surface area (Å²) in [6, 6.07) is 12.1. The van der Waals surface area contributed by atoms with Gasteiger partial charge >= 0.3 is 0 Å². The number of nitrogens with zero attached hydrogens (tertiary/aromatic N) is 3. The van der Waals surface area contributed by atoms with Gasteiger partial charge in [-0.3, -0.25) is 9.67 Å². The summed E-state index contributed by atoms with van der Waals surface area (Å²) in [7, 11) is 1.96. The fourth-order valence-electron chi connectivity index (χ4n) is 2.38. The summed E-state index contributed by atoms with van der Waals surface area (Å²) in [6.45, 7) is 0. The van der Waals surface area contributed by atoms with Gasteiger partial charge in [0.05, 0.1) is 11.2 Å². The average Bonchev–Trinajstić information content (AvgIpc) is 2.77. The Morgan fingerprint density at radius 1 is 1.16 bits per heavy atom. The molecule has 0 aliphatic rings. The Bertz CT molecular complexity index is 688. The van der Waals surface area contributed by atoms with Crippen LogP contribution in [0.3, 0.4) is 0 Å². The summed E-state index contributed by atoms with van der Waals surface area (Å²) >= 11 is 0. The maximum Gasteiger partial charge on any atom is 0.0722 e. The third-order valence-electron chi connectivity index (χ3n) is 3.38. The zero-order valence-corrected chi connectivity index (χ0v) is 10.8. The number of fused-ring (bicyclic) bond motifs is 1. The van der Waals surface area contributed by atoms with Crippen LogP contribution in [-0.2, 0) is 13.5 Å².